The Balaban J connectivity index is 1.28. The van der Waals surface area contributed by atoms with E-state index in [1.54, 1.807) is 4.90 Å². The molecule has 7 nitrogen and oxygen atoms in total. The number of anilines is 1. The van der Waals surface area contributed by atoms with Gasteiger partial charge < -0.3 is 19.9 Å². The van der Waals surface area contributed by atoms with Crippen LogP contribution in [-0.2, 0) is 22.7 Å². The summed E-state index contributed by atoms with van der Waals surface area (Å²) in [5.74, 6) is 0.187. The van der Waals surface area contributed by atoms with Gasteiger partial charge in [0.05, 0.1) is 18.2 Å². The summed E-state index contributed by atoms with van der Waals surface area (Å²) in [7, 11) is 2.17. The van der Waals surface area contributed by atoms with Crippen LogP contribution in [0.2, 0.25) is 0 Å². The van der Waals surface area contributed by atoms with Crippen LogP contribution in [0.25, 0.3) is 0 Å². The summed E-state index contributed by atoms with van der Waals surface area (Å²) in [5.41, 5.74) is 3.09. The number of benzene rings is 2. The SMILES string of the molecule is CCOc1ccccc1N1CC(C(=O)NCc2ccc(CN3CCN(C)CC3)cc2)CC1=O. The lowest BCUT2D eigenvalue weighted by atomic mass is 10.1. The Labute approximate surface area is 196 Å². The van der Waals surface area contributed by atoms with Crippen LogP contribution in [0.4, 0.5) is 5.69 Å². The fraction of sp³-hybridized carbons (Fsp3) is 0.462. The van der Waals surface area contributed by atoms with E-state index < -0.39 is 0 Å². The number of nitrogens with one attached hydrogen (secondary N) is 1. The predicted molar refractivity (Wildman–Crippen MR) is 129 cm³/mol. The lowest BCUT2D eigenvalue weighted by Crippen LogP contribution is -2.43. The first-order valence-electron chi connectivity index (χ1n) is 11.8. The van der Waals surface area contributed by atoms with Gasteiger partial charge in [0.25, 0.3) is 0 Å². The molecule has 0 aliphatic carbocycles. The number of hydrogen-bond acceptors (Lipinski definition) is 5. The van der Waals surface area contributed by atoms with Crippen LogP contribution in [0.5, 0.6) is 5.75 Å². The molecule has 0 aromatic heterocycles. The highest BCUT2D eigenvalue weighted by atomic mass is 16.5. The van der Waals surface area contributed by atoms with Gasteiger partial charge >= 0.3 is 0 Å². The van der Waals surface area contributed by atoms with E-state index in [2.05, 4.69) is 46.4 Å². The number of piperazine rings is 1. The molecule has 0 radical (unpaired) electrons. The fourth-order valence-corrected chi connectivity index (χ4v) is 4.43. The van der Waals surface area contributed by atoms with Crippen molar-refractivity contribution in [2.45, 2.75) is 26.4 Å². The standard InChI is InChI=1S/C26H34N4O3/c1-3-33-24-7-5-4-6-23(24)30-19-22(16-25(30)31)26(32)27-17-20-8-10-21(11-9-20)18-29-14-12-28(2)13-15-29/h4-11,22H,3,12-19H2,1-2H3,(H,27,32). The van der Waals surface area contributed by atoms with Crippen LogP contribution in [0.15, 0.2) is 48.5 Å². The smallest absolute Gasteiger partial charge is 0.227 e. The van der Waals surface area contributed by atoms with Crippen LogP contribution in [0.1, 0.15) is 24.5 Å². The number of carbonyl (C=O) groups excluding carboxylic acids is 2. The molecule has 2 fully saturated rings. The third-order valence-electron chi connectivity index (χ3n) is 6.44. The van der Waals surface area contributed by atoms with Gasteiger partial charge in [0.2, 0.25) is 11.8 Å². The molecule has 4 rings (SSSR count). The van der Waals surface area contributed by atoms with Gasteiger partial charge in [-0.1, -0.05) is 36.4 Å². The molecule has 7 heteroatoms. The number of ether oxygens (including phenoxy) is 1. The minimum atomic E-state index is -0.358. The maximum Gasteiger partial charge on any atom is 0.227 e. The number of carbonyl (C=O) groups is 2. The molecule has 33 heavy (non-hydrogen) atoms. The van der Waals surface area contributed by atoms with Crippen molar-refractivity contribution < 1.29 is 14.3 Å². The Kier molecular flexibility index (Phi) is 7.62. The zero-order valence-electron chi connectivity index (χ0n) is 19.6. The minimum absolute atomic E-state index is 0.0458. The molecule has 0 bridgehead atoms. The molecule has 2 heterocycles. The van der Waals surface area contributed by atoms with Gasteiger partial charge in [0.1, 0.15) is 5.75 Å². The predicted octanol–water partition coefficient (Wildman–Crippen LogP) is 2.50. The van der Waals surface area contributed by atoms with E-state index in [4.69, 9.17) is 4.74 Å². The summed E-state index contributed by atoms with van der Waals surface area (Å²) < 4.78 is 5.66. The topological polar surface area (TPSA) is 65.1 Å². The van der Waals surface area contributed by atoms with Gasteiger partial charge in [-0.3, -0.25) is 14.5 Å². The molecule has 176 valence electrons. The molecule has 1 atom stereocenters. The van der Waals surface area contributed by atoms with Crippen molar-refractivity contribution in [3.8, 4) is 5.75 Å². The second kappa shape index (κ2) is 10.8. The van der Waals surface area contributed by atoms with Gasteiger partial charge in [-0.15, -0.1) is 0 Å². The van der Waals surface area contributed by atoms with Crippen molar-refractivity contribution in [3.05, 3.63) is 59.7 Å². The Morgan fingerprint density at radius 1 is 1.03 bits per heavy atom. The van der Waals surface area contributed by atoms with E-state index >= 15 is 0 Å². The van der Waals surface area contributed by atoms with Gasteiger partial charge in [0, 0.05) is 52.2 Å². The molecule has 2 aliphatic heterocycles. The lowest BCUT2D eigenvalue weighted by molar-refractivity contribution is -0.126. The third-order valence-corrected chi connectivity index (χ3v) is 6.44. The van der Waals surface area contributed by atoms with Crippen molar-refractivity contribution >= 4 is 17.5 Å². The summed E-state index contributed by atoms with van der Waals surface area (Å²) >= 11 is 0. The first kappa shape index (κ1) is 23.3. The zero-order valence-corrected chi connectivity index (χ0v) is 19.6. The van der Waals surface area contributed by atoms with E-state index in [1.165, 1.54) is 5.56 Å². The summed E-state index contributed by atoms with van der Waals surface area (Å²) in [6.45, 7) is 8.66. The van der Waals surface area contributed by atoms with E-state index in [9.17, 15) is 9.59 Å². The second-order valence-corrected chi connectivity index (χ2v) is 8.92. The van der Waals surface area contributed by atoms with Crippen LogP contribution in [0, 0.1) is 5.92 Å². The molecule has 2 aliphatic rings. The number of hydrogen-bond donors (Lipinski definition) is 1. The first-order chi connectivity index (χ1) is 16.0. The molecule has 0 saturated carbocycles. The van der Waals surface area contributed by atoms with Crippen LogP contribution >= 0.6 is 0 Å². The van der Waals surface area contributed by atoms with E-state index in [0.29, 0.717) is 25.4 Å². The molecule has 2 aromatic rings. The Hall–Kier alpha value is -2.90. The monoisotopic (exact) mass is 450 g/mol. The Morgan fingerprint density at radius 2 is 1.73 bits per heavy atom. The molecule has 2 amide bonds. The van der Waals surface area contributed by atoms with Crippen molar-refractivity contribution in [1.29, 1.82) is 0 Å². The van der Waals surface area contributed by atoms with Crippen molar-refractivity contribution in [3.63, 3.8) is 0 Å². The number of amides is 2. The maximum atomic E-state index is 12.8. The molecule has 2 aromatic carbocycles. The number of rotatable bonds is 8. The summed E-state index contributed by atoms with van der Waals surface area (Å²) in [6.07, 6.45) is 0.219. The molecule has 1 N–H and O–H groups in total. The highest BCUT2D eigenvalue weighted by molar-refractivity contribution is 6.01. The fourth-order valence-electron chi connectivity index (χ4n) is 4.43. The van der Waals surface area contributed by atoms with Gasteiger partial charge in [-0.25, -0.2) is 0 Å². The van der Waals surface area contributed by atoms with Crippen LogP contribution in [0.3, 0.4) is 0 Å². The average molecular weight is 451 g/mol. The highest BCUT2D eigenvalue weighted by Gasteiger charge is 2.36. The number of likely N-dealkylation sites (N-methyl/N-ethyl adjacent to an activating group) is 1. The largest absolute Gasteiger partial charge is 0.492 e. The number of para-hydroxylation sites is 2. The Bertz CT molecular complexity index is 954. The summed E-state index contributed by atoms with van der Waals surface area (Å²) in [4.78, 5) is 31.9. The summed E-state index contributed by atoms with van der Waals surface area (Å²) in [6, 6.07) is 15.9. The normalized spacial score (nSPS) is 19.6. The number of nitrogens with zero attached hydrogens (tertiary/aromatic N) is 3. The van der Waals surface area contributed by atoms with E-state index in [-0.39, 0.29) is 24.2 Å². The van der Waals surface area contributed by atoms with Gasteiger partial charge in [-0.05, 0) is 37.2 Å². The average Bonchev–Trinajstić information content (AvgIpc) is 3.22. The van der Waals surface area contributed by atoms with Crippen molar-refractivity contribution in [1.82, 2.24) is 15.1 Å². The zero-order chi connectivity index (χ0) is 23.2. The molecular weight excluding hydrogens is 416 g/mol. The summed E-state index contributed by atoms with van der Waals surface area (Å²) in [5, 5.41) is 3.01. The molecule has 1 unspecified atom stereocenters. The molecule has 2 saturated heterocycles. The lowest BCUT2D eigenvalue weighted by Gasteiger charge is -2.32. The van der Waals surface area contributed by atoms with Crippen molar-refractivity contribution in [2.24, 2.45) is 5.92 Å². The van der Waals surface area contributed by atoms with Gasteiger partial charge in [0.15, 0.2) is 0 Å². The minimum Gasteiger partial charge on any atom is -0.492 e. The van der Waals surface area contributed by atoms with E-state index in [0.717, 1.165) is 44.0 Å². The molecule has 0 spiro atoms. The molecular formula is C26H34N4O3. The van der Waals surface area contributed by atoms with E-state index in [1.807, 2.05) is 31.2 Å². The third kappa shape index (κ3) is 5.92. The quantitative estimate of drug-likeness (QED) is 0.670. The Morgan fingerprint density at radius 3 is 2.45 bits per heavy atom. The first-order valence-corrected chi connectivity index (χ1v) is 11.8. The van der Waals surface area contributed by atoms with Crippen LogP contribution in [-0.4, -0.2) is 68.0 Å². The maximum absolute atomic E-state index is 12.8. The van der Waals surface area contributed by atoms with Gasteiger partial charge in [-0.2, -0.15) is 0 Å². The van der Waals surface area contributed by atoms with Crippen LogP contribution < -0.4 is 15.0 Å². The van der Waals surface area contributed by atoms with Crippen molar-refractivity contribution in [2.75, 3.05) is 51.3 Å². The highest BCUT2D eigenvalue weighted by Crippen LogP contribution is 2.33. The second-order valence-electron chi connectivity index (χ2n) is 8.92.